The van der Waals surface area contributed by atoms with E-state index < -0.39 is 4.92 Å². The molecule has 1 fully saturated rings. The highest BCUT2D eigenvalue weighted by Gasteiger charge is 2.32. The van der Waals surface area contributed by atoms with E-state index in [9.17, 15) is 14.9 Å². The van der Waals surface area contributed by atoms with E-state index in [1.54, 1.807) is 34.9 Å². The first-order chi connectivity index (χ1) is 14.9. The van der Waals surface area contributed by atoms with Crippen molar-refractivity contribution in [1.29, 1.82) is 0 Å². The van der Waals surface area contributed by atoms with Gasteiger partial charge in [0.2, 0.25) is 0 Å². The van der Waals surface area contributed by atoms with Gasteiger partial charge < -0.3 is 4.90 Å². The van der Waals surface area contributed by atoms with Crippen LogP contribution in [0.25, 0.3) is 0 Å². The van der Waals surface area contributed by atoms with Crippen molar-refractivity contribution < 1.29 is 9.72 Å². The molecule has 2 aliphatic heterocycles. The molecule has 0 unspecified atom stereocenters. The molecule has 4 rings (SSSR count). The quantitative estimate of drug-likeness (QED) is 0.318. The molecule has 7 nitrogen and oxygen atoms in total. The number of allylic oxidation sites excluding steroid dienone is 2. The molecule has 158 valence electrons. The van der Waals surface area contributed by atoms with Gasteiger partial charge in [0.1, 0.15) is 0 Å². The van der Waals surface area contributed by atoms with Crippen molar-refractivity contribution in [3.05, 3.63) is 79.7 Å². The van der Waals surface area contributed by atoms with E-state index in [1.807, 2.05) is 43.1 Å². The Kier molecular flexibility index (Phi) is 6.08. The number of thioether (sulfide) groups is 2. The molecule has 0 aliphatic carbocycles. The van der Waals surface area contributed by atoms with Crippen molar-refractivity contribution >= 4 is 63.3 Å². The Balaban J connectivity index is 1.60. The number of amides is 1. The van der Waals surface area contributed by atoms with Gasteiger partial charge in [-0.15, -0.1) is 0 Å². The first-order valence-corrected chi connectivity index (χ1v) is 11.3. The Morgan fingerprint density at radius 3 is 2.74 bits per heavy atom. The topological polar surface area (TPSA) is 79.0 Å². The maximum absolute atomic E-state index is 12.8. The maximum Gasteiger partial charge on any atom is 0.271 e. The smallest absolute Gasteiger partial charge is 0.271 e. The molecule has 0 N–H and O–H groups in total. The first kappa shape index (κ1) is 21.5. The summed E-state index contributed by atoms with van der Waals surface area (Å²) >= 11 is 8.97. The summed E-state index contributed by atoms with van der Waals surface area (Å²) in [5.41, 5.74) is 1.41. The Morgan fingerprint density at radius 1 is 1.19 bits per heavy atom. The van der Waals surface area contributed by atoms with E-state index in [2.05, 4.69) is 4.99 Å². The lowest BCUT2D eigenvalue weighted by Gasteiger charge is -2.13. The Hall–Kier alpha value is -2.75. The highest BCUT2D eigenvalue weighted by Crippen LogP contribution is 2.46. The van der Waals surface area contributed by atoms with E-state index in [0.717, 1.165) is 15.6 Å². The minimum Gasteiger partial charge on any atom is -0.338 e. The molecule has 0 spiro atoms. The monoisotopic (exact) mass is 472 g/mol. The number of rotatable bonds is 4. The molecular weight excluding hydrogens is 456 g/mol. The number of anilines is 1. The fourth-order valence-electron chi connectivity index (χ4n) is 3.10. The van der Waals surface area contributed by atoms with E-state index in [4.69, 9.17) is 11.6 Å². The predicted molar refractivity (Wildman–Crippen MR) is 127 cm³/mol. The zero-order valence-corrected chi connectivity index (χ0v) is 19.0. The van der Waals surface area contributed by atoms with Crippen molar-refractivity contribution in [1.82, 2.24) is 4.90 Å². The standard InChI is InChI=1S/C21H17ClN4O3S2/c1-3-25-20(27)18(31-21(25)23-14-5-4-6-15(12-14)26(28)29)9-10-19-24(2)16-11-13(22)7-8-17(16)30-19/h4-12H,3H2,1-2H3/b18-9-,19-10+,23-21?. The summed E-state index contributed by atoms with van der Waals surface area (Å²) in [6.07, 6.45) is 3.70. The van der Waals surface area contributed by atoms with Gasteiger partial charge >= 0.3 is 0 Å². The normalized spacial score (nSPS) is 19.7. The number of nitrogens with zero attached hydrogens (tertiary/aromatic N) is 4. The summed E-state index contributed by atoms with van der Waals surface area (Å²) in [6.45, 7) is 2.32. The third kappa shape index (κ3) is 4.34. The van der Waals surface area contributed by atoms with Gasteiger partial charge in [0.15, 0.2) is 5.17 Å². The van der Waals surface area contributed by atoms with Crippen LogP contribution in [0.5, 0.6) is 0 Å². The largest absolute Gasteiger partial charge is 0.338 e. The van der Waals surface area contributed by atoms with Crippen LogP contribution < -0.4 is 4.90 Å². The van der Waals surface area contributed by atoms with Crippen LogP contribution in [0.1, 0.15) is 6.92 Å². The van der Waals surface area contributed by atoms with Crippen LogP contribution in [-0.2, 0) is 4.79 Å². The molecule has 0 radical (unpaired) electrons. The number of carbonyl (C=O) groups is 1. The number of halogens is 1. The van der Waals surface area contributed by atoms with Crippen LogP contribution in [0.4, 0.5) is 17.1 Å². The average Bonchev–Trinajstić information content (AvgIpc) is 3.22. The minimum atomic E-state index is -0.466. The van der Waals surface area contributed by atoms with E-state index in [0.29, 0.717) is 27.3 Å². The molecule has 1 saturated heterocycles. The second kappa shape index (κ2) is 8.78. The van der Waals surface area contributed by atoms with Gasteiger partial charge in [-0.3, -0.25) is 19.8 Å². The molecule has 0 aromatic heterocycles. The molecule has 2 heterocycles. The lowest BCUT2D eigenvalue weighted by molar-refractivity contribution is -0.384. The number of benzene rings is 2. The SMILES string of the molecule is CCN1C(=O)/C(=C/C=C2/Sc3ccc(Cl)cc3N2C)SC1=Nc1cccc([N+](=O)[O-])c1. The number of hydrogen-bond donors (Lipinski definition) is 0. The molecule has 0 bridgehead atoms. The number of amidine groups is 1. The van der Waals surface area contributed by atoms with Crippen LogP contribution in [0, 0.1) is 10.1 Å². The zero-order chi connectivity index (χ0) is 22.1. The van der Waals surface area contributed by atoms with Crippen LogP contribution in [0.15, 0.2) is 74.4 Å². The number of nitro benzene ring substituents is 1. The van der Waals surface area contributed by atoms with Crippen LogP contribution in [0.2, 0.25) is 5.02 Å². The molecule has 2 aromatic rings. The fourth-order valence-corrected chi connectivity index (χ4v) is 5.31. The number of non-ortho nitro benzene ring substituents is 1. The second-order valence-corrected chi connectivity index (χ2v) is 9.14. The van der Waals surface area contributed by atoms with Crippen LogP contribution in [0.3, 0.4) is 0 Å². The average molecular weight is 473 g/mol. The van der Waals surface area contributed by atoms with Gasteiger partial charge in [-0.05, 0) is 55.1 Å². The van der Waals surface area contributed by atoms with Crippen molar-refractivity contribution in [2.24, 2.45) is 4.99 Å². The minimum absolute atomic E-state index is 0.0410. The number of nitro groups is 1. The third-order valence-corrected chi connectivity index (χ3v) is 7.12. The van der Waals surface area contributed by atoms with E-state index in [1.165, 1.54) is 23.9 Å². The lowest BCUT2D eigenvalue weighted by Crippen LogP contribution is -2.28. The number of fused-ring (bicyclic) bond motifs is 1. The fraction of sp³-hybridized carbons (Fsp3) is 0.143. The van der Waals surface area contributed by atoms with Gasteiger partial charge in [-0.1, -0.05) is 29.4 Å². The zero-order valence-electron chi connectivity index (χ0n) is 16.6. The maximum atomic E-state index is 12.8. The second-order valence-electron chi connectivity index (χ2n) is 6.63. The van der Waals surface area contributed by atoms with Crippen molar-refractivity contribution in [3.63, 3.8) is 0 Å². The molecule has 2 aromatic carbocycles. The molecule has 0 saturated carbocycles. The molecule has 1 amide bonds. The number of carbonyl (C=O) groups excluding carboxylic acids is 1. The Bertz CT molecular complexity index is 1180. The van der Waals surface area contributed by atoms with Gasteiger partial charge in [0, 0.05) is 35.6 Å². The highest BCUT2D eigenvalue weighted by atomic mass is 35.5. The van der Waals surface area contributed by atoms with Gasteiger partial charge in [-0.2, -0.15) is 0 Å². The first-order valence-electron chi connectivity index (χ1n) is 9.33. The lowest BCUT2D eigenvalue weighted by atomic mass is 10.3. The summed E-state index contributed by atoms with van der Waals surface area (Å²) in [4.78, 5) is 33.1. The van der Waals surface area contributed by atoms with Gasteiger partial charge in [-0.25, -0.2) is 4.99 Å². The van der Waals surface area contributed by atoms with Crippen LogP contribution >= 0.6 is 35.1 Å². The number of aliphatic imine (C=N–C) groups is 1. The summed E-state index contributed by atoms with van der Waals surface area (Å²) in [5.74, 6) is -0.139. The summed E-state index contributed by atoms with van der Waals surface area (Å²) in [6, 6.07) is 11.8. The van der Waals surface area contributed by atoms with Crippen molar-refractivity contribution in [2.45, 2.75) is 11.8 Å². The van der Waals surface area contributed by atoms with Gasteiger partial charge in [0.25, 0.3) is 11.6 Å². The summed E-state index contributed by atoms with van der Waals surface area (Å²) < 4.78 is 0. The molecule has 2 aliphatic rings. The van der Waals surface area contributed by atoms with E-state index >= 15 is 0 Å². The van der Waals surface area contributed by atoms with E-state index in [-0.39, 0.29) is 11.6 Å². The Labute approximate surface area is 192 Å². The van der Waals surface area contributed by atoms with Gasteiger partial charge in [0.05, 0.1) is 26.2 Å². The van der Waals surface area contributed by atoms with Crippen LogP contribution in [-0.4, -0.2) is 34.5 Å². The molecule has 31 heavy (non-hydrogen) atoms. The molecular formula is C21H17ClN4O3S2. The predicted octanol–water partition coefficient (Wildman–Crippen LogP) is 5.80. The summed E-state index contributed by atoms with van der Waals surface area (Å²) in [5, 5.41) is 13.2. The summed E-state index contributed by atoms with van der Waals surface area (Å²) in [7, 11) is 1.96. The van der Waals surface area contributed by atoms with Crippen molar-refractivity contribution in [2.75, 3.05) is 18.5 Å². The number of likely N-dealkylation sites (N-methyl/N-ethyl adjacent to an activating group) is 1. The van der Waals surface area contributed by atoms with Crippen molar-refractivity contribution in [3.8, 4) is 0 Å². The molecule has 0 atom stereocenters. The number of hydrogen-bond acceptors (Lipinski definition) is 7. The molecule has 10 heteroatoms. The third-order valence-electron chi connectivity index (χ3n) is 4.67. The highest BCUT2D eigenvalue weighted by molar-refractivity contribution is 8.18. The Morgan fingerprint density at radius 2 is 2.00 bits per heavy atom.